The molecule has 1 fully saturated rings. The van der Waals surface area contributed by atoms with E-state index >= 15 is 0 Å². The van der Waals surface area contributed by atoms with E-state index in [9.17, 15) is 13.2 Å². The number of rotatable bonds is 2. The molecule has 3 rings (SSSR count). The van der Waals surface area contributed by atoms with Crippen LogP contribution in [0.25, 0.3) is 11.4 Å². The average molecular weight is 321 g/mol. The SMILES string of the molecule is N#Cc1ccc(-c2nc(C(F)(F)F)cn2C2CCOCC2)cc1. The maximum atomic E-state index is 13.0. The highest BCUT2D eigenvalue weighted by molar-refractivity contribution is 5.58. The van der Waals surface area contributed by atoms with Gasteiger partial charge in [-0.3, -0.25) is 0 Å². The van der Waals surface area contributed by atoms with Gasteiger partial charge < -0.3 is 9.30 Å². The van der Waals surface area contributed by atoms with Gasteiger partial charge in [0.25, 0.3) is 0 Å². The van der Waals surface area contributed by atoms with Crippen molar-refractivity contribution in [1.29, 1.82) is 5.26 Å². The summed E-state index contributed by atoms with van der Waals surface area (Å²) in [4.78, 5) is 3.80. The van der Waals surface area contributed by atoms with Gasteiger partial charge in [-0.05, 0) is 37.1 Å². The second-order valence-corrected chi connectivity index (χ2v) is 5.39. The Hall–Kier alpha value is -2.33. The zero-order valence-electron chi connectivity index (χ0n) is 12.2. The zero-order valence-corrected chi connectivity index (χ0v) is 12.2. The Bertz CT molecular complexity index is 723. The molecule has 23 heavy (non-hydrogen) atoms. The first-order valence-electron chi connectivity index (χ1n) is 7.23. The van der Waals surface area contributed by atoms with Gasteiger partial charge >= 0.3 is 6.18 Å². The van der Waals surface area contributed by atoms with E-state index in [2.05, 4.69) is 4.98 Å². The van der Waals surface area contributed by atoms with Gasteiger partial charge in [0.2, 0.25) is 0 Å². The number of halogens is 3. The Balaban J connectivity index is 2.05. The molecule has 1 aliphatic rings. The minimum atomic E-state index is -4.49. The number of nitriles is 1. The van der Waals surface area contributed by atoms with E-state index in [1.165, 1.54) is 0 Å². The van der Waals surface area contributed by atoms with E-state index < -0.39 is 11.9 Å². The molecule has 120 valence electrons. The van der Waals surface area contributed by atoms with Crippen molar-refractivity contribution in [2.24, 2.45) is 0 Å². The van der Waals surface area contributed by atoms with E-state index in [0.29, 0.717) is 37.2 Å². The van der Waals surface area contributed by atoms with Crippen molar-refractivity contribution in [1.82, 2.24) is 9.55 Å². The summed E-state index contributed by atoms with van der Waals surface area (Å²) in [6.45, 7) is 1.05. The number of aromatic nitrogens is 2. The van der Waals surface area contributed by atoms with Crippen molar-refractivity contribution in [3.8, 4) is 17.5 Å². The second kappa shape index (κ2) is 6.05. The summed E-state index contributed by atoms with van der Waals surface area (Å²) in [5.74, 6) is 0.272. The first-order chi connectivity index (χ1) is 11.0. The number of alkyl halides is 3. The fraction of sp³-hybridized carbons (Fsp3) is 0.375. The number of ether oxygens (including phenoxy) is 1. The second-order valence-electron chi connectivity index (χ2n) is 5.39. The molecule has 7 heteroatoms. The number of hydrogen-bond donors (Lipinski definition) is 0. The molecule has 0 unspecified atom stereocenters. The average Bonchev–Trinajstić information content (AvgIpc) is 3.01. The van der Waals surface area contributed by atoms with Crippen LogP contribution in [0.2, 0.25) is 0 Å². The summed E-state index contributed by atoms with van der Waals surface area (Å²) in [5.41, 5.74) is 0.114. The lowest BCUT2D eigenvalue weighted by Gasteiger charge is -2.25. The smallest absolute Gasteiger partial charge is 0.381 e. The molecule has 0 saturated carbocycles. The topological polar surface area (TPSA) is 50.8 Å². The van der Waals surface area contributed by atoms with Gasteiger partial charge in [-0.2, -0.15) is 18.4 Å². The Morgan fingerprint density at radius 2 is 1.83 bits per heavy atom. The molecular formula is C16H14F3N3O. The highest BCUT2D eigenvalue weighted by atomic mass is 19.4. The van der Waals surface area contributed by atoms with Crippen molar-refractivity contribution in [3.63, 3.8) is 0 Å². The molecule has 0 N–H and O–H groups in total. The summed E-state index contributed by atoms with van der Waals surface area (Å²) in [7, 11) is 0. The van der Waals surface area contributed by atoms with Crippen molar-refractivity contribution in [3.05, 3.63) is 41.7 Å². The van der Waals surface area contributed by atoms with Crippen LogP contribution in [0.4, 0.5) is 13.2 Å². The highest BCUT2D eigenvalue weighted by Crippen LogP contribution is 2.34. The molecule has 1 saturated heterocycles. The lowest BCUT2D eigenvalue weighted by Crippen LogP contribution is -2.19. The maximum Gasteiger partial charge on any atom is 0.434 e. The number of nitrogens with zero attached hydrogens (tertiary/aromatic N) is 3. The Morgan fingerprint density at radius 1 is 1.17 bits per heavy atom. The summed E-state index contributed by atoms with van der Waals surface area (Å²) >= 11 is 0. The van der Waals surface area contributed by atoms with Crippen LogP contribution in [0, 0.1) is 11.3 Å². The predicted octanol–water partition coefficient (Wildman–Crippen LogP) is 3.79. The molecule has 0 radical (unpaired) electrons. The van der Waals surface area contributed by atoms with Crippen LogP contribution >= 0.6 is 0 Å². The fourth-order valence-corrected chi connectivity index (χ4v) is 2.68. The van der Waals surface area contributed by atoms with E-state index in [4.69, 9.17) is 10.00 Å². The molecule has 1 aliphatic heterocycles. The van der Waals surface area contributed by atoms with Gasteiger partial charge in [0.05, 0.1) is 11.6 Å². The minimum Gasteiger partial charge on any atom is -0.381 e. The van der Waals surface area contributed by atoms with Gasteiger partial charge in [0.15, 0.2) is 5.69 Å². The molecule has 0 amide bonds. The van der Waals surface area contributed by atoms with Gasteiger partial charge in [-0.15, -0.1) is 0 Å². The largest absolute Gasteiger partial charge is 0.434 e. The third-order valence-corrected chi connectivity index (χ3v) is 3.88. The van der Waals surface area contributed by atoms with Gasteiger partial charge in [-0.1, -0.05) is 0 Å². The molecule has 1 aromatic heterocycles. The third-order valence-electron chi connectivity index (χ3n) is 3.88. The molecule has 2 aromatic rings. The van der Waals surface area contributed by atoms with Crippen molar-refractivity contribution in [2.75, 3.05) is 13.2 Å². The van der Waals surface area contributed by atoms with Crippen LogP contribution < -0.4 is 0 Å². The van der Waals surface area contributed by atoms with Crippen LogP contribution in [-0.4, -0.2) is 22.8 Å². The number of imidazole rings is 1. The normalized spacial score (nSPS) is 16.3. The van der Waals surface area contributed by atoms with E-state index in [1.807, 2.05) is 6.07 Å². The Labute approximate surface area is 131 Å². The minimum absolute atomic E-state index is 0.0713. The van der Waals surface area contributed by atoms with Crippen molar-refractivity contribution < 1.29 is 17.9 Å². The lowest BCUT2D eigenvalue weighted by molar-refractivity contribution is -0.140. The highest BCUT2D eigenvalue weighted by Gasteiger charge is 2.36. The van der Waals surface area contributed by atoms with Crippen LogP contribution in [0.3, 0.4) is 0 Å². The lowest BCUT2D eigenvalue weighted by atomic mass is 10.1. The molecule has 2 heterocycles. The monoisotopic (exact) mass is 321 g/mol. The molecule has 0 bridgehead atoms. The van der Waals surface area contributed by atoms with Crippen LogP contribution in [0.1, 0.15) is 30.1 Å². The summed E-state index contributed by atoms with van der Waals surface area (Å²) < 4.78 is 46.0. The van der Waals surface area contributed by atoms with Gasteiger partial charge in [0, 0.05) is 31.0 Å². The van der Waals surface area contributed by atoms with E-state index in [0.717, 1.165) is 6.20 Å². The molecule has 4 nitrogen and oxygen atoms in total. The molecule has 0 aliphatic carbocycles. The van der Waals surface area contributed by atoms with Crippen molar-refractivity contribution >= 4 is 0 Å². The van der Waals surface area contributed by atoms with Crippen LogP contribution in [-0.2, 0) is 10.9 Å². The Kier molecular flexibility index (Phi) is 4.09. The van der Waals surface area contributed by atoms with Gasteiger partial charge in [-0.25, -0.2) is 4.98 Å². The summed E-state index contributed by atoms with van der Waals surface area (Å²) in [5, 5.41) is 8.83. The van der Waals surface area contributed by atoms with Gasteiger partial charge in [0.1, 0.15) is 5.82 Å². The first-order valence-corrected chi connectivity index (χ1v) is 7.23. The quantitative estimate of drug-likeness (QED) is 0.845. The Morgan fingerprint density at radius 3 is 2.39 bits per heavy atom. The summed E-state index contributed by atoms with van der Waals surface area (Å²) in [6, 6.07) is 8.31. The third kappa shape index (κ3) is 3.22. The first kappa shape index (κ1) is 15.6. The predicted molar refractivity (Wildman–Crippen MR) is 76.5 cm³/mol. The van der Waals surface area contributed by atoms with E-state index in [-0.39, 0.29) is 11.9 Å². The summed E-state index contributed by atoms with van der Waals surface area (Å²) in [6.07, 6.45) is -2.12. The zero-order chi connectivity index (χ0) is 16.4. The van der Waals surface area contributed by atoms with Crippen LogP contribution in [0.5, 0.6) is 0 Å². The molecular weight excluding hydrogens is 307 g/mol. The fourth-order valence-electron chi connectivity index (χ4n) is 2.68. The molecule has 0 spiro atoms. The number of benzene rings is 1. The molecule has 0 atom stereocenters. The van der Waals surface area contributed by atoms with Crippen LogP contribution in [0.15, 0.2) is 30.5 Å². The number of hydrogen-bond acceptors (Lipinski definition) is 3. The van der Waals surface area contributed by atoms with E-state index in [1.54, 1.807) is 28.8 Å². The van der Waals surface area contributed by atoms with Crippen molar-refractivity contribution in [2.45, 2.75) is 25.1 Å². The standard InChI is InChI=1S/C16H14F3N3O/c17-16(18,19)14-10-22(13-5-7-23-8-6-13)15(21-14)12-3-1-11(9-20)2-4-12/h1-4,10,13H,5-8H2. The molecule has 1 aromatic carbocycles. The maximum absolute atomic E-state index is 13.0.